The predicted molar refractivity (Wildman–Crippen MR) is 88.4 cm³/mol. The van der Waals surface area contributed by atoms with Gasteiger partial charge in [-0.2, -0.15) is 0 Å². The molecule has 0 amide bonds. The number of hydrogen-bond donors (Lipinski definition) is 2. The highest BCUT2D eigenvalue weighted by Crippen LogP contribution is 2.24. The molecule has 1 aromatic heterocycles. The number of sulfonamides is 1. The molecular weight excluding hydrogens is 304 g/mol. The minimum atomic E-state index is -3.51. The first-order valence-corrected chi connectivity index (χ1v) is 9.16. The van der Waals surface area contributed by atoms with Crippen LogP contribution in [-0.2, 0) is 16.6 Å². The van der Waals surface area contributed by atoms with Crippen molar-refractivity contribution in [3.8, 4) is 0 Å². The van der Waals surface area contributed by atoms with E-state index in [1.807, 2.05) is 44.4 Å². The molecule has 0 saturated heterocycles. The van der Waals surface area contributed by atoms with Gasteiger partial charge in [-0.15, -0.1) is 11.3 Å². The fraction of sp³-hybridized carbons (Fsp3) is 0.333. The molecule has 21 heavy (non-hydrogen) atoms. The summed E-state index contributed by atoms with van der Waals surface area (Å²) in [6.45, 7) is 7.46. The second kappa shape index (κ2) is 6.60. The maximum Gasteiger partial charge on any atom is 0.271 e. The van der Waals surface area contributed by atoms with Crippen LogP contribution in [0.5, 0.6) is 0 Å². The quantitative estimate of drug-likeness (QED) is 0.857. The van der Waals surface area contributed by atoms with Gasteiger partial charge in [-0.1, -0.05) is 13.0 Å². The van der Waals surface area contributed by atoms with E-state index in [4.69, 9.17) is 0 Å². The van der Waals surface area contributed by atoms with Gasteiger partial charge < -0.3 is 5.32 Å². The van der Waals surface area contributed by atoms with E-state index in [0.29, 0.717) is 16.4 Å². The van der Waals surface area contributed by atoms with E-state index >= 15 is 0 Å². The Balaban J connectivity index is 2.19. The summed E-state index contributed by atoms with van der Waals surface area (Å²) in [5, 5.41) is 5.06. The van der Waals surface area contributed by atoms with Crippen molar-refractivity contribution in [1.29, 1.82) is 0 Å². The first-order chi connectivity index (χ1) is 9.90. The van der Waals surface area contributed by atoms with Crippen LogP contribution in [0.3, 0.4) is 0 Å². The van der Waals surface area contributed by atoms with Crippen LogP contribution in [0.1, 0.15) is 23.6 Å². The van der Waals surface area contributed by atoms with E-state index in [2.05, 4.69) is 10.0 Å². The zero-order valence-corrected chi connectivity index (χ0v) is 14.1. The van der Waals surface area contributed by atoms with Gasteiger partial charge in [0.2, 0.25) is 0 Å². The van der Waals surface area contributed by atoms with Crippen molar-refractivity contribution < 1.29 is 8.42 Å². The maximum atomic E-state index is 12.4. The van der Waals surface area contributed by atoms with Gasteiger partial charge in [0, 0.05) is 12.2 Å². The van der Waals surface area contributed by atoms with Gasteiger partial charge in [0.05, 0.1) is 0 Å². The molecule has 0 aliphatic carbocycles. The van der Waals surface area contributed by atoms with E-state index < -0.39 is 10.0 Å². The average Bonchev–Trinajstić information content (AvgIpc) is 2.84. The molecule has 2 aromatic rings. The van der Waals surface area contributed by atoms with Crippen molar-refractivity contribution in [2.24, 2.45) is 0 Å². The van der Waals surface area contributed by atoms with Crippen molar-refractivity contribution in [3.63, 3.8) is 0 Å². The number of anilines is 1. The maximum absolute atomic E-state index is 12.4. The third kappa shape index (κ3) is 4.30. The van der Waals surface area contributed by atoms with Crippen LogP contribution in [0.4, 0.5) is 5.69 Å². The number of nitrogens with one attached hydrogen (secondary N) is 2. The molecule has 0 unspecified atom stereocenters. The normalized spacial score (nSPS) is 11.6. The van der Waals surface area contributed by atoms with Crippen LogP contribution >= 0.6 is 11.3 Å². The van der Waals surface area contributed by atoms with Gasteiger partial charge in [-0.25, -0.2) is 8.42 Å². The van der Waals surface area contributed by atoms with E-state index in [9.17, 15) is 8.42 Å². The van der Waals surface area contributed by atoms with Crippen molar-refractivity contribution in [3.05, 3.63) is 46.3 Å². The molecular formula is C15H20N2O2S2. The van der Waals surface area contributed by atoms with Crippen molar-refractivity contribution >= 4 is 27.0 Å². The van der Waals surface area contributed by atoms with Gasteiger partial charge in [0.1, 0.15) is 4.21 Å². The molecule has 0 aliphatic heterocycles. The lowest BCUT2D eigenvalue weighted by Crippen LogP contribution is -2.12. The molecule has 1 heterocycles. The van der Waals surface area contributed by atoms with E-state index in [1.54, 1.807) is 6.07 Å². The molecule has 114 valence electrons. The van der Waals surface area contributed by atoms with Gasteiger partial charge in [0.25, 0.3) is 10.0 Å². The lowest BCUT2D eigenvalue weighted by molar-refractivity contribution is 0.603. The molecule has 2 N–H and O–H groups in total. The topological polar surface area (TPSA) is 58.2 Å². The van der Waals surface area contributed by atoms with E-state index in [0.717, 1.165) is 23.2 Å². The second-order valence-electron chi connectivity index (χ2n) is 5.04. The fourth-order valence-electron chi connectivity index (χ4n) is 2.10. The molecule has 1 aromatic carbocycles. The monoisotopic (exact) mass is 324 g/mol. The number of rotatable bonds is 6. The molecule has 0 saturated carbocycles. The highest BCUT2D eigenvalue weighted by molar-refractivity contribution is 7.94. The molecule has 2 rings (SSSR count). The van der Waals surface area contributed by atoms with Crippen LogP contribution in [0, 0.1) is 13.8 Å². The Kier molecular flexibility index (Phi) is 5.03. The molecule has 6 heteroatoms. The Morgan fingerprint density at radius 2 is 1.76 bits per heavy atom. The Bertz CT molecular complexity index is 701. The number of thiophene rings is 1. The summed E-state index contributed by atoms with van der Waals surface area (Å²) in [5.41, 5.74) is 3.66. The van der Waals surface area contributed by atoms with E-state index in [1.165, 1.54) is 11.3 Å². The smallest absolute Gasteiger partial charge is 0.271 e. The summed E-state index contributed by atoms with van der Waals surface area (Å²) in [6, 6.07) is 7.39. The number of benzene rings is 1. The molecule has 4 nitrogen and oxygen atoms in total. The van der Waals surface area contributed by atoms with Crippen LogP contribution in [0.2, 0.25) is 0 Å². The highest BCUT2D eigenvalue weighted by atomic mass is 32.2. The van der Waals surface area contributed by atoms with Crippen molar-refractivity contribution in [2.45, 2.75) is 31.5 Å². The summed E-state index contributed by atoms with van der Waals surface area (Å²) in [7, 11) is -3.51. The van der Waals surface area contributed by atoms with E-state index in [-0.39, 0.29) is 0 Å². The van der Waals surface area contributed by atoms with Crippen molar-refractivity contribution in [2.75, 3.05) is 11.3 Å². The lowest BCUT2D eigenvalue weighted by atomic mass is 10.1. The Hall–Kier alpha value is -1.37. The number of hydrogen-bond acceptors (Lipinski definition) is 4. The van der Waals surface area contributed by atoms with Gasteiger partial charge >= 0.3 is 0 Å². The lowest BCUT2D eigenvalue weighted by Gasteiger charge is -2.08. The minimum Gasteiger partial charge on any atom is -0.313 e. The standard InChI is InChI=1S/C15H20N2O2S2/c1-4-16-9-13-8-15(20-10-13)21(18,19)17-14-6-11(2)5-12(3)7-14/h5-8,10,16-17H,4,9H2,1-3H3. The molecule has 0 spiro atoms. The molecule has 0 aliphatic rings. The number of aryl methyl sites for hydroxylation is 2. The largest absolute Gasteiger partial charge is 0.313 e. The Morgan fingerprint density at radius 1 is 1.10 bits per heavy atom. The summed E-state index contributed by atoms with van der Waals surface area (Å²) in [4.78, 5) is 0. The zero-order valence-electron chi connectivity index (χ0n) is 12.4. The molecule has 0 radical (unpaired) electrons. The van der Waals surface area contributed by atoms with Gasteiger partial charge in [-0.3, -0.25) is 4.72 Å². The van der Waals surface area contributed by atoms with Crippen LogP contribution < -0.4 is 10.0 Å². The minimum absolute atomic E-state index is 0.342. The Morgan fingerprint density at radius 3 is 2.38 bits per heavy atom. The van der Waals surface area contributed by atoms with Gasteiger partial charge in [-0.05, 0) is 60.7 Å². The first kappa shape index (κ1) is 16.0. The second-order valence-corrected chi connectivity index (χ2v) is 7.86. The van der Waals surface area contributed by atoms with Crippen LogP contribution in [0.15, 0.2) is 33.9 Å². The predicted octanol–water partition coefficient (Wildman–Crippen LogP) is 3.28. The third-order valence-electron chi connectivity index (χ3n) is 2.95. The molecule has 0 atom stereocenters. The average molecular weight is 324 g/mol. The molecule has 0 bridgehead atoms. The summed E-state index contributed by atoms with van der Waals surface area (Å²) in [5.74, 6) is 0. The summed E-state index contributed by atoms with van der Waals surface area (Å²) in [6.07, 6.45) is 0. The molecule has 0 fully saturated rings. The third-order valence-corrected chi connectivity index (χ3v) is 5.82. The first-order valence-electron chi connectivity index (χ1n) is 6.80. The van der Waals surface area contributed by atoms with Gasteiger partial charge in [0.15, 0.2) is 0 Å². The highest BCUT2D eigenvalue weighted by Gasteiger charge is 2.17. The van der Waals surface area contributed by atoms with Crippen LogP contribution in [-0.4, -0.2) is 15.0 Å². The van der Waals surface area contributed by atoms with Crippen molar-refractivity contribution in [1.82, 2.24) is 5.32 Å². The Labute approximate surface area is 130 Å². The fourth-order valence-corrected chi connectivity index (χ4v) is 4.34. The zero-order chi connectivity index (χ0) is 15.5. The summed E-state index contributed by atoms with van der Waals surface area (Å²) >= 11 is 1.24. The van der Waals surface area contributed by atoms with Crippen LogP contribution in [0.25, 0.3) is 0 Å². The summed E-state index contributed by atoms with van der Waals surface area (Å²) < 4.78 is 27.8. The SMILES string of the molecule is CCNCc1csc(S(=O)(=O)Nc2cc(C)cc(C)c2)c1.